The van der Waals surface area contributed by atoms with E-state index in [4.69, 9.17) is 11.6 Å². The quantitative estimate of drug-likeness (QED) is 0.764. The summed E-state index contributed by atoms with van der Waals surface area (Å²) in [4.78, 5) is 11.5. The summed E-state index contributed by atoms with van der Waals surface area (Å²) in [5.74, 6) is -0.216. The van der Waals surface area contributed by atoms with E-state index >= 15 is 0 Å². The molecule has 0 saturated heterocycles. The highest BCUT2D eigenvalue weighted by Crippen LogP contribution is 2.12. The van der Waals surface area contributed by atoms with Crippen LogP contribution in [0.1, 0.15) is 0 Å². The smallest absolute Gasteiger partial charge is 0.238 e. The number of halogens is 1. The summed E-state index contributed by atoms with van der Waals surface area (Å²) >= 11 is 5.71. The van der Waals surface area contributed by atoms with Gasteiger partial charge in [-0.1, -0.05) is 11.6 Å². The Morgan fingerprint density at radius 1 is 1.28 bits per heavy atom. The van der Waals surface area contributed by atoms with Crippen LogP contribution in [0.25, 0.3) is 0 Å². The molecule has 0 radical (unpaired) electrons. The monoisotopic (exact) mass is 290 g/mol. The molecule has 1 aromatic rings. The predicted molar refractivity (Wildman–Crippen MR) is 72.7 cm³/mol. The van der Waals surface area contributed by atoms with E-state index in [1.54, 1.807) is 24.3 Å². The average molecular weight is 291 g/mol. The molecule has 100 valence electrons. The van der Waals surface area contributed by atoms with Gasteiger partial charge in [0.05, 0.1) is 12.3 Å². The van der Waals surface area contributed by atoms with E-state index in [0.717, 1.165) is 6.26 Å². The first-order valence-electron chi connectivity index (χ1n) is 5.31. The zero-order chi connectivity index (χ0) is 13.6. The maximum atomic E-state index is 11.5. The predicted octanol–water partition coefficient (Wildman–Crippen LogP) is 0.913. The Balaban J connectivity index is 2.28. The molecule has 0 aliphatic carbocycles. The lowest BCUT2D eigenvalue weighted by Crippen LogP contribution is -2.31. The molecule has 7 heteroatoms. The first-order chi connectivity index (χ1) is 8.37. The van der Waals surface area contributed by atoms with Gasteiger partial charge < -0.3 is 10.6 Å². The zero-order valence-electron chi connectivity index (χ0n) is 9.94. The van der Waals surface area contributed by atoms with E-state index in [-0.39, 0.29) is 24.7 Å². The van der Waals surface area contributed by atoms with Gasteiger partial charge in [-0.15, -0.1) is 0 Å². The number of amides is 1. The SMILES string of the molecule is CS(=O)(=O)CCNCC(=O)Nc1ccc(Cl)cc1. The molecule has 0 heterocycles. The van der Waals surface area contributed by atoms with Gasteiger partial charge in [0, 0.05) is 23.5 Å². The first kappa shape index (κ1) is 14.9. The van der Waals surface area contributed by atoms with Gasteiger partial charge in [-0.3, -0.25) is 4.79 Å². The van der Waals surface area contributed by atoms with Crippen molar-refractivity contribution in [1.29, 1.82) is 0 Å². The van der Waals surface area contributed by atoms with Gasteiger partial charge in [0.15, 0.2) is 0 Å². The van der Waals surface area contributed by atoms with E-state index in [1.165, 1.54) is 0 Å². The maximum Gasteiger partial charge on any atom is 0.238 e. The number of hydrogen-bond acceptors (Lipinski definition) is 4. The van der Waals surface area contributed by atoms with Gasteiger partial charge >= 0.3 is 0 Å². The second kappa shape index (κ2) is 6.72. The Bertz CT molecular complexity index is 500. The van der Waals surface area contributed by atoms with Gasteiger partial charge in [-0.2, -0.15) is 0 Å². The molecule has 2 N–H and O–H groups in total. The number of benzene rings is 1. The first-order valence-corrected chi connectivity index (χ1v) is 7.74. The molecule has 0 spiro atoms. The zero-order valence-corrected chi connectivity index (χ0v) is 11.5. The van der Waals surface area contributed by atoms with Crippen LogP contribution in [0.2, 0.25) is 5.02 Å². The van der Waals surface area contributed by atoms with Crippen LogP contribution in [-0.4, -0.2) is 39.4 Å². The van der Waals surface area contributed by atoms with E-state index in [0.29, 0.717) is 10.7 Å². The van der Waals surface area contributed by atoms with Crippen molar-refractivity contribution in [2.75, 3.05) is 30.4 Å². The fourth-order valence-electron chi connectivity index (χ4n) is 1.20. The van der Waals surface area contributed by atoms with Gasteiger partial charge in [0.2, 0.25) is 5.91 Å². The molecule has 1 rings (SSSR count). The minimum Gasteiger partial charge on any atom is -0.325 e. The van der Waals surface area contributed by atoms with Gasteiger partial charge in [-0.25, -0.2) is 8.42 Å². The number of carbonyl (C=O) groups is 1. The molecule has 0 saturated carbocycles. The fraction of sp³-hybridized carbons (Fsp3) is 0.364. The number of nitrogens with one attached hydrogen (secondary N) is 2. The lowest BCUT2D eigenvalue weighted by atomic mass is 10.3. The van der Waals surface area contributed by atoms with Crippen molar-refractivity contribution in [3.8, 4) is 0 Å². The third-order valence-electron chi connectivity index (χ3n) is 2.06. The Labute approximate surface area is 111 Å². The van der Waals surface area contributed by atoms with E-state index in [1.807, 2.05) is 0 Å². The molecule has 0 fully saturated rings. The molecule has 1 aromatic carbocycles. The van der Waals surface area contributed by atoms with E-state index < -0.39 is 9.84 Å². The molecule has 1 amide bonds. The van der Waals surface area contributed by atoms with E-state index in [2.05, 4.69) is 10.6 Å². The standard InChI is InChI=1S/C11H15ClN2O3S/c1-18(16,17)7-6-13-8-11(15)14-10-4-2-9(12)3-5-10/h2-5,13H,6-8H2,1H3,(H,14,15). The van der Waals surface area contributed by atoms with Crippen molar-refractivity contribution in [2.24, 2.45) is 0 Å². The Hall–Kier alpha value is -1.11. The normalized spacial score (nSPS) is 11.2. The topological polar surface area (TPSA) is 75.3 Å². The fourth-order valence-corrected chi connectivity index (χ4v) is 1.84. The molecule has 0 bridgehead atoms. The minimum atomic E-state index is -2.99. The summed E-state index contributed by atoms with van der Waals surface area (Å²) < 4.78 is 21.7. The van der Waals surface area contributed by atoms with Crippen molar-refractivity contribution >= 4 is 33.0 Å². The van der Waals surface area contributed by atoms with Crippen LogP contribution in [0.5, 0.6) is 0 Å². The largest absolute Gasteiger partial charge is 0.325 e. The van der Waals surface area contributed by atoms with Crippen molar-refractivity contribution in [3.63, 3.8) is 0 Å². The van der Waals surface area contributed by atoms with Crippen LogP contribution in [0.3, 0.4) is 0 Å². The summed E-state index contributed by atoms with van der Waals surface area (Å²) in [5.41, 5.74) is 0.648. The molecule has 0 atom stereocenters. The third-order valence-corrected chi connectivity index (χ3v) is 3.26. The molecule has 18 heavy (non-hydrogen) atoms. The van der Waals surface area contributed by atoms with Crippen LogP contribution in [0.15, 0.2) is 24.3 Å². The van der Waals surface area contributed by atoms with Gasteiger partial charge in [0.1, 0.15) is 9.84 Å². The summed E-state index contributed by atoms with van der Waals surface area (Å²) in [5, 5.41) is 6.01. The third kappa shape index (κ3) is 6.58. The second-order valence-corrected chi connectivity index (χ2v) is 6.56. The van der Waals surface area contributed by atoms with Crippen molar-refractivity contribution in [2.45, 2.75) is 0 Å². The summed E-state index contributed by atoms with van der Waals surface area (Å²) in [6, 6.07) is 6.73. The Morgan fingerprint density at radius 3 is 2.44 bits per heavy atom. The Morgan fingerprint density at radius 2 is 1.89 bits per heavy atom. The molecular weight excluding hydrogens is 276 g/mol. The maximum absolute atomic E-state index is 11.5. The lowest BCUT2D eigenvalue weighted by Gasteiger charge is -2.06. The number of rotatable bonds is 6. The number of carbonyl (C=O) groups excluding carboxylic acids is 1. The highest BCUT2D eigenvalue weighted by atomic mass is 35.5. The molecular formula is C11H15ClN2O3S. The number of sulfone groups is 1. The van der Waals surface area contributed by atoms with Crippen LogP contribution in [-0.2, 0) is 14.6 Å². The Kier molecular flexibility index (Phi) is 5.58. The summed E-state index contributed by atoms with van der Waals surface area (Å²) in [6.07, 6.45) is 1.16. The number of hydrogen-bond donors (Lipinski definition) is 2. The second-order valence-electron chi connectivity index (χ2n) is 3.86. The van der Waals surface area contributed by atoms with Crippen molar-refractivity contribution in [1.82, 2.24) is 5.32 Å². The highest BCUT2D eigenvalue weighted by Gasteiger charge is 2.04. The molecule has 0 unspecified atom stereocenters. The highest BCUT2D eigenvalue weighted by molar-refractivity contribution is 7.90. The van der Waals surface area contributed by atoms with Crippen LogP contribution in [0, 0.1) is 0 Å². The molecule has 0 aliphatic heterocycles. The molecule has 5 nitrogen and oxygen atoms in total. The number of anilines is 1. The van der Waals surface area contributed by atoms with Crippen LogP contribution in [0.4, 0.5) is 5.69 Å². The average Bonchev–Trinajstić information content (AvgIpc) is 2.26. The lowest BCUT2D eigenvalue weighted by molar-refractivity contribution is -0.115. The summed E-state index contributed by atoms with van der Waals surface area (Å²) in [7, 11) is -2.99. The van der Waals surface area contributed by atoms with Crippen molar-refractivity contribution in [3.05, 3.63) is 29.3 Å². The van der Waals surface area contributed by atoms with Crippen LogP contribution < -0.4 is 10.6 Å². The van der Waals surface area contributed by atoms with Crippen molar-refractivity contribution < 1.29 is 13.2 Å². The minimum absolute atomic E-state index is 0.0151. The molecule has 0 aromatic heterocycles. The van der Waals surface area contributed by atoms with Crippen LogP contribution >= 0.6 is 11.6 Å². The van der Waals surface area contributed by atoms with Gasteiger partial charge in [-0.05, 0) is 24.3 Å². The van der Waals surface area contributed by atoms with Gasteiger partial charge in [0.25, 0.3) is 0 Å². The summed E-state index contributed by atoms with van der Waals surface area (Å²) in [6.45, 7) is 0.324. The molecule has 0 aliphatic rings. The van der Waals surface area contributed by atoms with E-state index in [9.17, 15) is 13.2 Å².